The zero-order chi connectivity index (χ0) is 10.8. The number of nitrogens with one attached hydrogen (secondary N) is 1. The summed E-state index contributed by atoms with van der Waals surface area (Å²) in [5, 5.41) is 2.92. The Hall–Kier alpha value is -2.04. The van der Waals surface area contributed by atoms with Crippen molar-refractivity contribution in [3.05, 3.63) is 23.8 Å². The van der Waals surface area contributed by atoms with Crippen LogP contribution in [0.2, 0.25) is 0 Å². The molecule has 2 aromatic rings. The van der Waals surface area contributed by atoms with Gasteiger partial charge in [0.1, 0.15) is 5.52 Å². The van der Waals surface area contributed by atoms with E-state index in [2.05, 4.69) is 16.4 Å². The second kappa shape index (κ2) is 3.61. The third kappa shape index (κ3) is 1.63. The van der Waals surface area contributed by atoms with Gasteiger partial charge in [0.15, 0.2) is 5.58 Å². The van der Waals surface area contributed by atoms with E-state index >= 15 is 0 Å². The van der Waals surface area contributed by atoms with Crippen molar-refractivity contribution in [1.82, 2.24) is 4.98 Å². The summed E-state index contributed by atoms with van der Waals surface area (Å²) in [6, 6.07) is 6.40. The molecule has 1 radical (unpaired) electrons. The third-order valence-electron chi connectivity index (χ3n) is 1.93. The fourth-order valence-corrected chi connectivity index (χ4v) is 1.31. The van der Waals surface area contributed by atoms with Crippen molar-refractivity contribution in [2.75, 3.05) is 11.9 Å². The normalized spacial score (nSPS) is 10.5. The SMILES string of the molecule is CCNc1nc2c(C(N)=O)[c]ccc2o1. The molecular weight excluding hydrogens is 194 g/mol. The fourth-order valence-electron chi connectivity index (χ4n) is 1.31. The number of rotatable bonds is 3. The van der Waals surface area contributed by atoms with Gasteiger partial charge in [-0.05, 0) is 25.1 Å². The number of oxazole rings is 1. The average molecular weight is 204 g/mol. The minimum absolute atomic E-state index is 0.250. The maximum Gasteiger partial charge on any atom is 0.295 e. The van der Waals surface area contributed by atoms with Gasteiger partial charge < -0.3 is 15.5 Å². The molecule has 77 valence electrons. The highest BCUT2D eigenvalue weighted by Gasteiger charge is 2.12. The van der Waals surface area contributed by atoms with Gasteiger partial charge in [0.05, 0.1) is 5.56 Å². The van der Waals surface area contributed by atoms with E-state index in [9.17, 15) is 4.79 Å². The number of primary amides is 1. The number of carbonyl (C=O) groups is 1. The molecule has 0 saturated heterocycles. The molecule has 0 aliphatic heterocycles. The van der Waals surface area contributed by atoms with Gasteiger partial charge in [-0.2, -0.15) is 4.98 Å². The van der Waals surface area contributed by atoms with Crippen molar-refractivity contribution >= 4 is 23.0 Å². The Balaban J connectivity index is 2.59. The quantitative estimate of drug-likeness (QED) is 0.786. The minimum atomic E-state index is -0.558. The van der Waals surface area contributed by atoms with Crippen LogP contribution in [0.5, 0.6) is 0 Å². The van der Waals surface area contributed by atoms with Gasteiger partial charge in [-0.15, -0.1) is 0 Å². The van der Waals surface area contributed by atoms with Gasteiger partial charge in [0.2, 0.25) is 0 Å². The monoisotopic (exact) mass is 204 g/mol. The smallest absolute Gasteiger partial charge is 0.295 e. The molecule has 1 aromatic carbocycles. The van der Waals surface area contributed by atoms with E-state index in [1.807, 2.05) is 6.92 Å². The summed E-state index contributed by atoms with van der Waals surface area (Å²) in [6.45, 7) is 2.62. The molecule has 15 heavy (non-hydrogen) atoms. The Kier molecular flexibility index (Phi) is 2.29. The molecule has 1 aromatic heterocycles. The molecule has 0 atom stereocenters. The Morgan fingerprint density at radius 1 is 1.73 bits per heavy atom. The van der Waals surface area contributed by atoms with Crippen molar-refractivity contribution < 1.29 is 9.21 Å². The first-order valence-electron chi connectivity index (χ1n) is 4.57. The molecular formula is C10H10N3O2. The molecule has 1 heterocycles. The fraction of sp³-hybridized carbons (Fsp3) is 0.200. The number of hydrogen-bond acceptors (Lipinski definition) is 4. The molecule has 0 fully saturated rings. The molecule has 1 amide bonds. The number of anilines is 1. The van der Waals surface area contributed by atoms with Crippen LogP contribution in [0, 0.1) is 6.07 Å². The van der Waals surface area contributed by atoms with E-state index in [0.29, 0.717) is 23.7 Å². The van der Waals surface area contributed by atoms with Crippen LogP contribution >= 0.6 is 0 Å². The van der Waals surface area contributed by atoms with Crippen LogP contribution in [-0.4, -0.2) is 17.4 Å². The van der Waals surface area contributed by atoms with Crippen LogP contribution < -0.4 is 11.1 Å². The van der Waals surface area contributed by atoms with Crippen LogP contribution in [0.1, 0.15) is 17.3 Å². The molecule has 0 aliphatic carbocycles. The third-order valence-corrected chi connectivity index (χ3v) is 1.93. The highest BCUT2D eigenvalue weighted by molar-refractivity contribution is 6.03. The number of nitrogens with two attached hydrogens (primary N) is 1. The minimum Gasteiger partial charge on any atom is -0.424 e. The molecule has 0 bridgehead atoms. The van der Waals surface area contributed by atoms with E-state index in [1.54, 1.807) is 12.1 Å². The van der Waals surface area contributed by atoms with Gasteiger partial charge in [0.25, 0.3) is 11.9 Å². The summed E-state index contributed by atoms with van der Waals surface area (Å²) in [7, 11) is 0. The van der Waals surface area contributed by atoms with E-state index in [1.165, 1.54) is 0 Å². The van der Waals surface area contributed by atoms with Gasteiger partial charge in [-0.25, -0.2) is 0 Å². The second-order valence-electron chi connectivity index (χ2n) is 2.98. The number of nitrogens with zero attached hydrogens (tertiary/aromatic N) is 1. The zero-order valence-corrected chi connectivity index (χ0v) is 8.20. The maximum atomic E-state index is 11.1. The van der Waals surface area contributed by atoms with Crippen LogP contribution in [-0.2, 0) is 0 Å². The zero-order valence-electron chi connectivity index (χ0n) is 8.20. The van der Waals surface area contributed by atoms with Crippen LogP contribution in [0.3, 0.4) is 0 Å². The Morgan fingerprint density at radius 3 is 3.20 bits per heavy atom. The van der Waals surface area contributed by atoms with Crippen molar-refractivity contribution in [3.63, 3.8) is 0 Å². The van der Waals surface area contributed by atoms with Crippen LogP contribution in [0.25, 0.3) is 11.1 Å². The second-order valence-corrected chi connectivity index (χ2v) is 2.98. The number of amides is 1. The Morgan fingerprint density at radius 2 is 2.53 bits per heavy atom. The van der Waals surface area contributed by atoms with E-state index in [0.717, 1.165) is 0 Å². The standard InChI is InChI=1S/C10H10N3O2/c1-2-12-10-13-8-6(9(11)14)4-3-5-7(8)15-10/h3,5H,2H2,1H3,(H2,11,14)(H,12,13). The van der Waals surface area contributed by atoms with Crippen molar-refractivity contribution in [2.45, 2.75) is 6.92 Å². The van der Waals surface area contributed by atoms with Gasteiger partial charge >= 0.3 is 0 Å². The topological polar surface area (TPSA) is 81.1 Å². The van der Waals surface area contributed by atoms with Crippen molar-refractivity contribution in [2.24, 2.45) is 5.73 Å². The lowest BCUT2D eigenvalue weighted by molar-refractivity contribution is 0.100. The predicted octanol–water partition coefficient (Wildman–Crippen LogP) is 1.16. The van der Waals surface area contributed by atoms with Gasteiger partial charge in [0, 0.05) is 6.54 Å². The van der Waals surface area contributed by atoms with Crippen LogP contribution in [0.15, 0.2) is 16.5 Å². The molecule has 3 N–H and O–H groups in total. The number of hydrogen-bond donors (Lipinski definition) is 2. The molecule has 0 saturated carbocycles. The first-order valence-corrected chi connectivity index (χ1v) is 4.57. The molecule has 0 unspecified atom stereocenters. The summed E-state index contributed by atoms with van der Waals surface area (Å²) in [6.07, 6.45) is 0. The number of benzene rings is 1. The lowest BCUT2D eigenvalue weighted by Crippen LogP contribution is -2.11. The lowest BCUT2D eigenvalue weighted by Gasteiger charge is -1.92. The Bertz CT molecular complexity index is 504. The number of fused-ring (bicyclic) bond motifs is 1. The van der Waals surface area contributed by atoms with Crippen molar-refractivity contribution in [1.29, 1.82) is 0 Å². The first-order chi connectivity index (χ1) is 7.22. The summed E-state index contributed by atoms with van der Waals surface area (Å²) in [4.78, 5) is 15.2. The summed E-state index contributed by atoms with van der Waals surface area (Å²) in [5.74, 6) is -0.558. The lowest BCUT2D eigenvalue weighted by atomic mass is 10.2. The first kappa shape index (κ1) is 9.51. The van der Waals surface area contributed by atoms with Gasteiger partial charge in [-0.1, -0.05) is 0 Å². The molecule has 0 aliphatic rings. The predicted molar refractivity (Wildman–Crippen MR) is 55.5 cm³/mol. The molecule has 5 nitrogen and oxygen atoms in total. The highest BCUT2D eigenvalue weighted by atomic mass is 16.4. The number of carbonyl (C=O) groups excluding carboxylic acids is 1. The Labute approximate surface area is 86.3 Å². The van der Waals surface area contributed by atoms with Gasteiger partial charge in [-0.3, -0.25) is 4.79 Å². The van der Waals surface area contributed by atoms with Crippen LogP contribution in [0.4, 0.5) is 6.01 Å². The molecule has 5 heteroatoms. The average Bonchev–Trinajstić information content (AvgIpc) is 2.59. The van der Waals surface area contributed by atoms with E-state index in [4.69, 9.17) is 10.2 Å². The molecule has 2 rings (SSSR count). The maximum absolute atomic E-state index is 11.1. The summed E-state index contributed by atoms with van der Waals surface area (Å²) in [5.41, 5.74) is 6.41. The highest BCUT2D eigenvalue weighted by Crippen LogP contribution is 2.21. The summed E-state index contributed by atoms with van der Waals surface area (Å²) < 4.78 is 5.35. The van der Waals surface area contributed by atoms with E-state index in [-0.39, 0.29) is 5.56 Å². The molecule has 0 spiro atoms. The summed E-state index contributed by atoms with van der Waals surface area (Å²) >= 11 is 0. The number of aromatic nitrogens is 1. The van der Waals surface area contributed by atoms with E-state index < -0.39 is 5.91 Å². The largest absolute Gasteiger partial charge is 0.424 e. The van der Waals surface area contributed by atoms with Crippen molar-refractivity contribution in [3.8, 4) is 0 Å².